The van der Waals surface area contributed by atoms with Gasteiger partial charge in [-0.1, -0.05) is 18.0 Å². The number of nitrogens with two attached hydrogens (primary N) is 1. The van der Waals surface area contributed by atoms with Crippen molar-refractivity contribution < 1.29 is 9.26 Å². The third-order valence-corrected chi connectivity index (χ3v) is 4.70. The predicted octanol–water partition coefficient (Wildman–Crippen LogP) is 2.41. The van der Waals surface area contributed by atoms with Gasteiger partial charge in [-0.25, -0.2) is 0 Å². The molecular formula is C15H25N3O2. The van der Waals surface area contributed by atoms with E-state index in [9.17, 15) is 0 Å². The van der Waals surface area contributed by atoms with Crippen LogP contribution in [0.25, 0.3) is 0 Å². The Morgan fingerprint density at radius 2 is 1.95 bits per heavy atom. The topological polar surface area (TPSA) is 74.2 Å². The summed E-state index contributed by atoms with van der Waals surface area (Å²) < 4.78 is 11.2. The molecule has 0 amide bonds. The van der Waals surface area contributed by atoms with Crippen molar-refractivity contribution in [2.45, 2.75) is 63.4 Å². The Balaban J connectivity index is 1.63. The second-order valence-electron chi connectivity index (χ2n) is 6.13. The molecule has 3 unspecified atom stereocenters. The number of aromatic nitrogens is 2. The van der Waals surface area contributed by atoms with E-state index in [-0.39, 0.29) is 6.10 Å². The molecule has 2 aliphatic rings. The Bertz CT molecular complexity index is 415. The fourth-order valence-electron chi connectivity index (χ4n) is 3.49. The van der Waals surface area contributed by atoms with Crippen molar-refractivity contribution in [1.82, 2.24) is 10.1 Å². The Labute approximate surface area is 120 Å². The van der Waals surface area contributed by atoms with Crippen molar-refractivity contribution in [3.8, 4) is 0 Å². The Kier molecular flexibility index (Phi) is 4.68. The van der Waals surface area contributed by atoms with Crippen molar-refractivity contribution in [3.05, 3.63) is 11.7 Å². The van der Waals surface area contributed by atoms with Gasteiger partial charge in [-0.15, -0.1) is 0 Å². The van der Waals surface area contributed by atoms with E-state index in [0.717, 1.165) is 37.6 Å². The van der Waals surface area contributed by atoms with Gasteiger partial charge in [0.2, 0.25) is 5.89 Å². The molecule has 3 rings (SSSR count). The summed E-state index contributed by atoms with van der Waals surface area (Å²) in [5.74, 6) is 2.46. The van der Waals surface area contributed by atoms with Crippen molar-refractivity contribution in [2.75, 3.05) is 13.2 Å². The number of rotatable bonds is 4. The molecule has 1 aromatic rings. The molecule has 1 aliphatic carbocycles. The molecule has 1 saturated carbocycles. The lowest BCUT2D eigenvalue weighted by atomic mass is 9.79. The molecule has 2 fully saturated rings. The van der Waals surface area contributed by atoms with Gasteiger partial charge in [0, 0.05) is 18.9 Å². The van der Waals surface area contributed by atoms with Crippen LogP contribution in [0.15, 0.2) is 4.52 Å². The lowest BCUT2D eigenvalue weighted by Crippen LogP contribution is -2.25. The average molecular weight is 279 g/mol. The minimum atomic E-state index is 0.269. The summed E-state index contributed by atoms with van der Waals surface area (Å²) in [4.78, 5) is 4.61. The Hall–Kier alpha value is -0.940. The van der Waals surface area contributed by atoms with Crippen LogP contribution < -0.4 is 5.73 Å². The monoisotopic (exact) mass is 279 g/mol. The summed E-state index contributed by atoms with van der Waals surface area (Å²) in [6.45, 7) is 1.58. The standard InChI is InChI=1S/C15H25N3O2/c16-10-11-5-1-2-7-13(11)15-17-14(18-20-15)9-12-6-3-4-8-19-12/h11-13H,1-10,16H2. The van der Waals surface area contributed by atoms with Crippen LogP contribution in [0.3, 0.4) is 0 Å². The molecule has 5 heteroatoms. The highest BCUT2D eigenvalue weighted by atomic mass is 16.5. The fourth-order valence-corrected chi connectivity index (χ4v) is 3.49. The van der Waals surface area contributed by atoms with E-state index in [1.807, 2.05) is 0 Å². The van der Waals surface area contributed by atoms with Gasteiger partial charge in [0.1, 0.15) is 0 Å². The third kappa shape index (κ3) is 3.20. The highest BCUT2D eigenvalue weighted by Gasteiger charge is 2.30. The first-order valence-corrected chi connectivity index (χ1v) is 8.01. The van der Waals surface area contributed by atoms with Crippen LogP contribution in [0.5, 0.6) is 0 Å². The highest BCUT2D eigenvalue weighted by Crippen LogP contribution is 2.36. The molecule has 0 bridgehead atoms. The molecule has 3 atom stereocenters. The molecule has 20 heavy (non-hydrogen) atoms. The van der Waals surface area contributed by atoms with E-state index in [0.29, 0.717) is 18.4 Å². The van der Waals surface area contributed by atoms with Gasteiger partial charge in [0.15, 0.2) is 5.82 Å². The quantitative estimate of drug-likeness (QED) is 0.916. The number of nitrogens with zero attached hydrogens (tertiary/aromatic N) is 2. The van der Waals surface area contributed by atoms with E-state index in [4.69, 9.17) is 15.0 Å². The van der Waals surface area contributed by atoms with Crippen molar-refractivity contribution in [2.24, 2.45) is 11.7 Å². The predicted molar refractivity (Wildman–Crippen MR) is 75.3 cm³/mol. The smallest absolute Gasteiger partial charge is 0.230 e. The van der Waals surface area contributed by atoms with Gasteiger partial charge in [-0.3, -0.25) is 0 Å². The van der Waals surface area contributed by atoms with Gasteiger partial charge in [-0.05, 0) is 44.6 Å². The van der Waals surface area contributed by atoms with Crippen LogP contribution >= 0.6 is 0 Å². The average Bonchev–Trinajstić information content (AvgIpc) is 2.96. The van der Waals surface area contributed by atoms with Gasteiger partial charge in [-0.2, -0.15) is 4.98 Å². The highest BCUT2D eigenvalue weighted by molar-refractivity contribution is 5.00. The molecule has 0 spiro atoms. The molecule has 1 saturated heterocycles. The first-order chi connectivity index (χ1) is 9.86. The molecule has 2 heterocycles. The number of hydrogen-bond acceptors (Lipinski definition) is 5. The van der Waals surface area contributed by atoms with E-state index >= 15 is 0 Å². The zero-order chi connectivity index (χ0) is 13.8. The van der Waals surface area contributed by atoms with Gasteiger partial charge in [0.25, 0.3) is 0 Å². The van der Waals surface area contributed by atoms with E-state index < -0.39 is 0 Å². The first kappa shape index (κ1) is 14.0. The minimum Gasteiger partial charge on any atom is -0.378 e. The zero-order valence-corrected chi connectivity index (χ0v) is 12.1. The van der Waals surface area contributed by atoms with Crippen molar-refractivity contribution in [1.29, 1.82) is 0 Å². The largest absolute Gasteiger partial charge is 0.378 e. The van der Waals surface area contributed by atoms with Gasteiger partial charge < -0.3 is 15.0 Å². The second kappa shape index (κ2) is 6.68. The first-order valence-electron chi connectivity index (χ1n) is 8.01. The molecule has 0 radical (unpaired) electrons. The van der Waals surface area contributed by atoms with Gasteiger partial charge >= 0.3 is 0 Å². The van der Waals surface area contributed by atoms with Crippen molar-refractivity contribution >= 4 is 0 Å². The summed E-state index contributed by atoms with van der Waals surface area (Å²) in [6.07, 6.45) is 9.41. The molecule has 1 aliphatic heterocycles. The van der Waals surface area contributed by atoms with Crippen LogP contribution in [0.4, 0.5) is 0 Å². The molecule has 112 valence electrons. The van der Waals surface area contributed by atoms with Crippen molar-refractivity contribution in [3.63, 3.8) is 0 Å². The van der Waals surface area contributed by atoms with Crippen LogP contribution in [0.2, 0.25) is 0 Å². The lowest BCUT2D eigenvalue weighted by Gasteiger charge is -2.27. The summed E-state index contributed by atoms with van der Waals surface area (Å²) in [5, 5.41) is 4.15. The van der Waals surface area contributed by atoms with E-state index in [1.54, 1.807) is 0 Å². The van der Waals surface area contributed by atoms with Crippen LogP contribution in [0, 0.1) is 5.92 Å². The Morgan fingerprint density at radius 1 is 1.10 bits per heavy atom. The minimum absolute atomic E-state index is 0.269. The molecule has 2 N–H and O–H groups in total. The molecule has 1 aromatic heterocycles. The molecule has 0 aromatic carbocycles. The van der Waals surface area contributed by atoms with E-state index in [2.05, 4.69) is 10.1 Å². The maximum atomic E-state index is 5.88. The van der Waals surface area contributed by atoms with Crippen LogP contribution in [-0.2, 0) is 11.2 Å². The van der Waals surface area contributed by atoms with Crippen LogP contribution in [-0.4, -0.2) is 29.4 Å². The fraction of sp³-hybridized carbons (Fsp3) is 0.867. The number of ether oxygens (including phenoxy) is 1. The summed E-state index contributed by atoms with van der Waals surface area (Å²) in [7, 11) is 0. The summed E-state index contributed by atoms with van der Waals surface area (Å²) in [5.41, 5.74) is 5.88. The summed E-state index contributed by atoms with van der Waals surface area (Å²) >= 11 is 0. The number of hydrogen-bond donors (Lipinski definition) is 1. The Morgan fingerprint density at radius 3 is 2.75 bits per heavy atom. The SMILES string of the molecule is NCC1CCCCC1c1nc(CC2CCCCO2)no1. The maximum absolute atomic E-state index is 5.88. The zero-order valence-electron chi connectivity index (χ0n) is 12.1. The van der Waals surface area contributed by atoms with Crippen LogP contribution in [0.1, 0.15) is 62.6 Å². The third-order valence-electron chi connectivity index (χ3n) is 4.70. The lowest BCUT2D eigenvalue weighted by molar-refractivity contribution is 0.0153. The molecular weight excluding hydrogens is 254 g/mol. The normalized spacial score (nSPS) is 31.4. The second-order valence-corrected chi connectivity index (χ2v) is 6.13. The maximum Gasteiger partial charge on any atom is 0.230 e. The van der Waals surface area contributed by atoms with Gasteiger partial charge in [0.05, 0.1) is 6.10 Å². The summed E-state index contributed by atoms with van der Waals surface area (Å²) in [6, 6.07) is 0. The van der Waals surface area contributed by atoms with E-state index in [1.165, 1.54) is 32.1 Å². The molecule has 5 nitrogen and oxygen atoms in total.